The van der Waals surface area contributed by atoms with Gasteiger partial charge in [0.25, 0.3) is 0 Å². The second-order valence-electron chi connectivity index (χ2n) is 6.00. The van der Waals surface area contributed by atoms with Gasteiger partial charge in [0.1, 0.15) is 5.82 Å². The molecule has 2 rings (SSSR count). The minimum atomic E-state index is -0.124. The highest BCUT2D eigenvalue weighted by Gasteiger charge is 2.28. The first-order chi connectivity index (χ1) is 8.82. The lowest BCUT2D eigenvalue weighted by Gasteiger charge is -2.24. The Hall–Kier alpha value is -1.77. The molecule has 3 nitrogen and oxygen atoms in total. The van der Waals surface area contributed by atoms with E-state index >= 15 is 0 Å². The Morgan fingerprint density at radius 1 is 1.16 bits per heavy atom. The molecule has 0 bridgehead atoms. The van der Waals surface area contributed by atoms with Crippen LogP contribution in [0, 0.1) is 6.92 Å². The molecule has 19 heavy (non-hydrogen) atoms. The Kier molecular flexibility index (Phi) is 3.40. The third-order valence-electron chi connectivity index (χ3n) is 3.67. The number of benzene rings is 1. The maximum absolute atomic E-state index is 5.76. The standard InChI is InChI=1S/C16H23N3/c1-10(2)15-18-11(3)14(19-15)16(4,5)12-6-8-13(17)9-7-12/h6-10H,17H2,1-5H3,(H,18,19). The van der Waals surface area contributed by atoms with Gasteiger partial charge in [-0.2, -0.15) is 0 Å². The van der Waals surface area contributed by atoms with Gasteiger partial charge in [0.2, 0.25) is 0 Å². The van der Waals surface area contributed by atoms with Crippen LogP contribution in [-0.4, -0.2) is 9.97 Å². The van der Waals surface area contributed by atoms with E-state index < -0.39 is 0 Å². The summed E-state index contributed by atoms with van der Waals surface area (Å²) in [6.45, 7) is 10.8. The van der Waals surface area contributed by atoms with Gasteiger partial charge in [0, 0.05) is 22.7 Å². The molecule has 0 aliphatic carbocycles. The number of H-pyrrole nitrogens is 1. The number of hydrogen-bond acceptors (Lipinski definition) is 2. The second-order valence-corrected chi connectivity index (χ2v) is 6.00. The van der Waals surface area contributed by atoms with Gasteiger partial charge < -0.3 is 10.7 Å². The van der Waals surface area contributed by atoms with Gasteiger partial charge in [0.15, 0.2) is 0 Å². The molecule has 2 aromatic rings. The number of nitrogens with zero attached hydrogens (tertiary/aromatic N) is 1. The molecule has 0 spiro atoms. The number of nitrogens with one attached hydrogen (secondary N) is 1. The van der Waals surface area contributed by atoms with Crippen LogP contribution in [0.5, 0.6) is 0 Å². The Balaban J connectivity index is 2.46. The lowest BCUT2D eigenvalue weighted by molar-refractivity contribution is 0.612. The molecule has 0 fully saturated rings. The predicted octanol–water partition coefficient (Wildman–Crippen LogP) is 3.75. The maximum atomic E-state index is 5.76. The van der Waals surface area contributed by atoms with Gasteiger partial charge in [-0.25, -0.2) is 4.98 Å². The molecule has 102 valence electrons. The number of imidazole rings is 1. The third kappa shape index (κ3) is 2.50. The summed E-state index contributed by atoms with van der Waals surface area (Å²) in [4.78, 5) is 8.19. The Labute approximate surface area is 115 Å². The summed E-state index contributed by atoms with van der Waals surface area (Å²) in [6, 6.07) is 8.06. The van der Waals surface area contributed by atoms with Crippen molar-refractivity contribution in [2.75, 3.05) is 5.73 Å². The molecular weight excluding hydrogens is 234 g/mol. The molecular formula is C16H23N3. The van der Waals surface area contributed by atoms with E-state index in [-0.39, 0.29) is 5.41 Å². The molecule has 1 aromatic heterocycles. The number of nitrogens with two attached hydrogens (primary N) is 1. The number of nitrogen functional groups attached to an aromatic ring is 1. The zero-order valence-corrected chi connectivity index (χ0v) is 12.4. The molecule has 0 aliphatic rings. The Bertz CT molecular complexity index is 562. The van der Waals surface area contributed by atoms with Crippen molar-refractivity contribution in [2.24, 2.45) is 0 Å². The Morgan fingerprint density at radius 3 is 2.21 bits per heavy atom. The number of rotatable bonds is 3. The van der Waals surface area contributed by atoms with Crippen LogP contribution in [0.1, 0.15) is 56.4 Å². The van der Waals surface area contributed by atoms with E-state index in [1.807, 2.05) is 12.1 Å². The van der Waals surface area contributed by atoms with Crippen LogP contribution in [0.2, 0.25) is 0 Å². The van der Waals surface area contributed by atoms with E-state index in [2.05, 4.69) is 51.7 Å². The van der Waals surface area contributed by atoms with Crippen molar-refractivity contribution in [2.45, 2.75) is 46.0 Å². The van der Waals surface area contributed by atoms with Gasteiger partial charge in [-0.3, -0.25) is 0 Å². The number of anilines is 1. The van der Waals surface area contributed by atoms with Gasteiger partial charge >= 0.3 is 0 Å². The van der Waals surface area contributed by atoms with Crippen molar-refractivity contribution in [3.05, 3.63) is 47.0 Å². The first kappa shape index (κ1) is 13.7. The highest BCUT2D eigenvalue weighted by Crippen LogP contribution is 2.33. The topological polar surface area (TPSA) is 54.7 Å². The SMILES string of the molecule is Cc1[nH]c(C(C)C)nc1C(C)(C)c1ccc(N)cc1. The predicted molar refractivity (Wildman–Crippen MR) is 80.4 cm³/mol. The molecule has 0 aliphatic heterocycles. The van der Waals surface area contributed by atoms with Crippen LogP contribution in [0.25, 0.3) is 0 Å². The third-order valence-corrected chi connectivity index (χ3v) is 3.67. The summed E-state index contributed by atoms with van der Waals surface area (Å²) in [5.74, 6) is 1.46. The van der Waals surface area contributed by atoms with Crippen molar-refractivity contribution >= 4 is 5.69 Å². The van der Waals surface area contributed by atoms with E-state index in [1.165, 1.54) is 5.56 Å². The molecule has 0 unspecified atom stereocenters. The fraction of sp³-hybridized carbons (Fsp3) is 0.438. The zero-order valence-electron chi connectivity index (χ0n) is 12.4. The van der Waals surface area contributed by atoms with Crippen LogP contribution >= 0.6 is 0 Å². The highest BCUT2D eigenvalue weighted by molar-refractivity contribution is 5.44. The summed E-state index contributed by atoms with van der Waals surface area (Å²) >= 11 is 0. The summed E-state index contributed by atoms with van der Waals surface area (Å²) in [6.07, 6.45) is 0. The van der Waals surface area contributed by atoms with Gasteiger partial charge in [-0.05, 0) is 24.6 Å². The first-order valence-electron chi connectivity index (χ1n) is 6.75. The minimum absolute atomic E-state index is 0.124. The average Bonchev–Trinajstić information content (AvgIpc) is 2.73. The summed E-state index contributed by atoms with van der Waals surface area (Å²) in [5, 5.41) is 0. The summed E-state index contributed by atoms with van der Waals surface area (Å²) < 4.78 is 0. The van der Waals surface area contributed by atoms with Gasteiger partial charge in [-0.15, -0.1) is 0 Å². The quantitative estimate of drug-likeness (QED) is 0.823. The van der Waals surface area contributed by atoms with E-state index in [0.717, 1.165) is 22.9 Å². The smallest absolute Gasteiger partial charge is 0.109 e. The van der Waals surface area contributed by atoms with Crippen LogP contribution < -0.4 is 5.73 Å². The van der Waals surface area contributed by atoms with Crippen molar-refractivity contribution < 1.29 is 0 Å². The fourth-order valence-electron chi connectivity index (χ4n) is 2.40. The average molecular weight is 257 g/mol. The summed E-state index contributed by atoms with van der Waals surface area (Å²) in [5.41, 5.74) is 9.91. The molecule has 0 atom stereocenters. The lowest BCUT2D eigenvalue weighted by Crippen LogP contribution is -2.20. The molecule has 3 N–H and O–H groups in total. The van der Waals surface area contributed by atoms with Gasteiger partial charge in [0.05, 0.1) is 5.69 Å². The van der Waals surface area contributed by atoms with Crippen molar-refractivity contribution in [1.29, 1.82) is 0 Å². The highest BCUT2D eigenvalue weighted by atomic mass is 14.9. The molecule has 3 heteroatoms. The van der Waals surface area contributed by atoms with Crippen LogP contribution in [0.15, 0.2) is 24.3 Å². The zero-order chi connectivity index (χ0) is 14.2. The molecule has 0 radical (unpaired) electrons. The fourth-order valence-corrected chi connectivity index (χ4v) is 2.40. The van der Waals surface area contributed by atoms with E-state index in [9.17, 15) is 0 Å². The van der Waals surface area contributed by atoms with Crippen LogP contribution in [0.3, 0.4) is 0 Å². The number of aromatic nitrogens is 2. The number of hydrogen-bond donors (Lipinski definition) is 2. The van der Waals surface area contributed by atoms with Crippen LogP contribution in [-0.2, 0) is 5.41 Å². The number of aryl methyl sites for hydroxylation is 1. The minimum Gasteiger partial charge on any atom is -0.399 e. The van der Waals surface area contributed by atoms with Gasteiger partial charge in [-0.1, -0.05) is 39.8 Å². The maximum Gasteiger partial charge on any atom is 0.109 e. The normalized spacial score (nSPS) is 12.1. The van der Waals surface area contributed by atoms with Crippen molar-refractivity contribution in [3.63, 3.8) is 0 Å². The van der Waals surface area contributed by atoms with Crippen molar-refractivity contribution in [1.82, 2.24) is 9.97 Å². The lowest BCUT2D eigenvalue weighted by atomic mass is 9.80. The van der Waals surface area contributed by atoms with E-state index in [1.54, 1.807) is 0 Å². The second kappa shape index (κ2) is 4.72. The van der Waals surface area contributed by atoms with Crippen molar-refractivity contribution in [3.8, 4) is 0 Å². The molecule has 1 heterocycles. The number of aromatic amines is 1. The summed E-state index contributed by atoms with van der Waals surface area (Å²) in [7, 11) is 0. The molecule has 1 aromatic carbocycles. The van der Waals surface area contributed by atoms with Crippen LogP contribution in [0.4, 0.5) is 5.69 Å². The Morgan fingerprint density at radius 2 is 1.74 bits per heavy atom. The van der Waals surface area contributed by atoms with E-state index in [0.29, 0.717) is 5.92 Å². The monoisotopic (exact) mass is 257 g/mol. The molecule has 0 amide bonds. The largest absolute Gasteiger partial charge is 0.399 e. The molecule has 0 saturated heterocycles. The van der Waals surface area contributed by atoms with E-state index in [4.69, 9.17) is 10.7 Å². The first-order valence-corrected chi connectivity index (χ1v) is 6.75. The molecule has 0 saturated carbocycles.